The minimum Gasteiger partial charge on any atom is -0.310 e. The second kappa shape index (κ2) is 10.9. The fraction of sp³-hybridized carbons (Fsp3) is 0.462. The smallest absolute Gasteiger partial charge is 0.147 e. The monoisotopic (exact) mass is 209 g/mol. The predicted molar refractivity (Wildman–Crippen MR) is 68.0 cm³/mol. The van der Waals surface area contributed by atoms with Crippen LogP contribution in [0.2, 0.25) is 0 Å². The Kier molecular flexibility index (Phi) is 11.9. The minimum absolute atomic E-state index is 0.121. The number of carbonyl (C=O) groups is 1. The summed E-state index contributed by atoms with van der Waals surface area (Å²) >= 11 is 0. The fourth-order valence-electron chi connectivity index (χ4n) is 1.06. The zero-order valence-electron chi connectivity index (χ0n) is 10.3. The highest BCUT2D eigenvalue weighted by molar-refractivity contribution is 5.81. The molecule has 0 aliphatic heterocycles. The van der Waals surface area contributed by atoms with Crippen molar-refractivity contribution in [2.45, 2.75) is 33.2 Å². The Morgan fingerprint density at radius 2 is 1.93 bits per heavy atom. The summed E-state index contributed by atoms with van der Waals surface area (Å²) in [5, 5.41) is 2.95. The molecule has 0 aromatic carbocycles. The van der Waals surface area contributed by atoms with Crippen LogP contribution in [0.1, 0.15) is 27.2 Å². The Labute approximate surface area is 93.8 Å². The molecule has 0 spiro atoms. The third-order valence-electron chi connectivity index (χ3n) is 1.87. The van der Waals surface area contributed by atoms with Crippen LogP contribution in [0.4, 0.5) is 0 Å². The zero-order chi connectivity index (χ0) is 12.3. The third-order valence-corrected chi connectivity index (χ3v) is 1.87. The standard InChI is InChI=1S/C11H17NO.C2H6/c1-5-7-10(6-2)8-11(12-4)9(3)13;1-2/h5-7,11-12H,1-2,8H2,3-4H3;1-2H3/b10-7+;. The summed E-state index contributed by atoms with van der Waals surface area (Å²) in [7, 11) is 1.78. The highest BCUT2D eigenvalue weighted by atomic mass is 16.1. The predicted octanol–water partition coefficient (Wildman–Crippen LogP) is 2.88. The topological polar surface area (TPSA) is 29.1 Å². The fourth-order valence-corrected chi connectivity index (χ4v) is 1.06. The van der Waals surface area contributed by atoms with E-state index < -0.39 is 0 Å². The van der Waals surface area contributed by atoms with E-state index in [2.05, 4.69) is 18.5 Å². The Hall–Kier alpha value is -1.15. The molecule has 0 radical (unpaired) electrons. The number of allylic oxidation sites excluding steroid dienone is 3. The Balaban J connectivity index is 0. The number of hydrogen-bond acceptors (Lipinski definition) is 2. The number of hydrogen-bond donors (Lipinski definition) is 1. The van der Waals surface area contributed by atoms with Gasteiger partial charge in [0.05, 0.1) is 6.04 Å². The van der Waals surface area contributed by atoms with Gasteiger partial charge in [-0.15, -0.1) is 0 Å². The van der Waals surface area contributed by atoms with E-state index in [9.17, 15) is 4.79 Å². The summed E-state index contributed by atoms with van der Waals surface area (Å²) in [6.07, 6.45) is 5.97. The van der Waals surface area contributed by atoms with Gasteiger partial charge in [0.15, 0.2) is 0 Å². The van der Waals surface area contributed by atoms with Crippen molar-refractivity contribution in [2.75, 3.05) is 7.05 Å². The van der Waals surface area contributed by atoms with Crippen LogP contribution in [0.5, 0.6) is 0 Å². The van der Waals surface area contributed by atoms with E-state index in [0.717, 1.165) is 5.57 Å². The van der Waals surface area contributed by atoms with E-state index in [1.165, 1.54) is 0 Å². The molecule has 15 heavy (non-hydrogen) atoms. The molecule has 0 aliphatic carbocycles. The largest absolute Gasteiger partial charge is 0.310 e. The van der Waals surface area contributed by atoms with Crippen molar-refractivity contribution in [3.05, 3.63) is 37.0 Å². The molecule has 0 bridgehead atoms. The molecular weight excluding hydrogens is 186 g/mol. The number of rotatable bonds is 6. The molecule has 0 amide bonds. The van der Waals surface area contributed by atoms with Gasteiger partial charge in [0.1, 0.15) is 5.78 Å². The van der Waals surface area contributed by atoms with Crippen molar-refractivity contribution in [3.8, 4) is 0 Å². The van der Waals surface area contributed by atoms with Gasteiger partial charge >= 0.3 is 0 Å². The van der Waals surface area contributed by atoms with Gasteiger partial charge in [-0.2, -0.15) is 0 Å². The lowest BCUT2D eigenvalue weighted by molar-refractivity contribution is -0.118. The molecule has 1 unspecified atom stereocenters. The van der Waals surface area contributed by atoms with Crippen molar-refractivity contribution in [1.29, 1.82) is 0 Å². The van der Waals surface area contributed by atoms with E-state index in [-0.39, 0.29) is 11.8 Å². The molecule has 0 heterocycles. The highest BCUT2D eigenvalue weighted by Crippen LogP contribution is 2.07. The molecule has 0 aliphatic rings. The van der Waals surface area contributed by atoms with Gasteiger partial charge in [-0.3, -0.25) is 4.79 Å². The molecule has 2 heteroatoms. The van der Waals surface area contributed by atoms with Gasteiger partial charge in [-0.1, -0.05) is 45.2 Å². The lowest BCUT2D eigenvalue weighted by atomic mass is 10.0. The molecule has 0 fully saturated rings. The molecule has 0 saturated carbocycles. The van der Waals surface area contributed by atoms with Crippen molar-refractivity contribution in [1.82, 2.24) is 5.32 Å². The molecule has 0 saturated heterocycles. The van der Waals surface area contributed by atoms with Gasteiger partial charge < -0.3 is 5.32 Å². The average Bonchev–Trinajstić information content (AvgIpc) is 2.26. The van der Waals surface area contributed by atoms with Gasteiger partial charge in [0.2, 0.25) is 0 Å². The minimum atomic E-state index is -0.121. The summed E-state index contributed by atoms with van der Waals surface area (Å²) < 4.78 is 0. The van der Waals surface area contributed by atoms with Crippen LogP contribution in [0.15, 0.2) is 37.0 Å². The Bertz CT molecular complexity index is 229. The molecular formula is C13H23NO. The molecule has 2 nitrogen and oxygen atoms in total. The van der Waals surface area contributed by atoms with Crippen LogP contribution in [0, 0.1) is 0 Å². The Morgan fingerprint density at radius 3 is 2.20 bits per heavy atom. The second-order valence-electron chi connectivity index (χ2n) is 2.84. The van der Waals surface area contributed by atoms with Crippen LogP contribution in [0.3, 0.4) is 0 Å². The first-order valence-corrected chi connectivity index (χ1v) is 5.27. The average molecular weight is 209 g/mol. The van der Waals surface area contributed by atoms with E-state index in [1.54, 1.807) is 26.1 Å². The lowest BCUT2D eigenvalue weighted by Gasteiger charge is -2.12. The van der Waals surface area contributed by atoms with E-state index in [1.807, 2.05) is 19.9 Å². The van der Waals surface area contributed by atoms with E-state index in [0.29, 0.717) is 6.42 Å². The van der Waals surface area contributed by atoms with Gasteiger partial charge in [-0.05, 0) is 26.0 Å². The van der Waals surface area contributed by atoms with Crippen LogP contribution in [-0.4, -0.2) is 18.9 Å². The third kappa shape index (κ3) is 7.89. The van der Waals surface area contributed by atoms with Crippen LogP contribution in [0.25, 0.3) is 0 Å². The first-order valence-electron chi connectivity index (χ1n) is 5.27. The van der Waals surface area contributed by atoms with Crippen molar-refractivity contribution in [2.24, 2.45) is 0 Å². The van der Waals surface area contributed by atoms with Crippen LogP contribution < -0.4 is 5.32 Å². The summed E-state index contributed by atoms with van der Waals surface area (Å²) in [6, 6.07) is -0.121. The molecule has 0 rings (SSSR count). The number of Topliss-reactive ketones (excluding diaryl/α,β-unsaturated/α-hetero) is 1. The summed E-state index contributed by atoms with van der Waals surface area (Å²) in [5.41, 5.74) is 1.02. The van der Waals surface area contributed by atoms with Gasteiger partial charge in [-0.25, -0.2) is 0 Å². The van der Waals surface area contributed by atoms with E-state index in [4.69, 9.17) is 0 Å². The van der Waals surface area contributed by atoms with Crippen molar-refractivity contribution >= 4 is 5.78 Å². The Morgan fingerprint density at radius 1 is 1.40 bits per heavy atom. The number of nitrogens with one attached hydrogen (secondary N) is 1. The van der Waals surface area contributed by atoms with Crippen LogP contribution >= 0.6 is 0 Å². The number of likely N-dealkylation sites (N-methyl/N-ethyl adjacent to an activating group) is 1. The SMILES string of the molecule is C=C/C=C(\C=C)CC(NC)C(C)=O.CC. The lowest BCUT2D eigenvalue weighted by Crippen LogP contribution is -2.32. The highest BCUT2D eigenvalue weighted by Gasteiger charge is 2.11. The molecule has 1 atom stereocenters. The summed E-state index contributed by atoms with van der Waals surface area (Å²) in [6.45, 7) is 12.8. The normalized spacial score (nSPS) is 12.1. The maximum Gasteiger partial charge on any atom is 0.147 e. The maximum absolute atomic E-state index is 11.1. The van der Waals surface area contributed by atoms with Crippen molar-refractivity contribution < 1.29 is 4.79 Å². The second-order valence-corrected chi connectivity index (χ2v) is 2.84. The first-order chi connectivity index (χ1) is 7.15. The van der Waals surface area contributed by atoms with E-state index >= 15 is 0 Å². The summed E-state index contributed by atoms with van der Waals surface area (Å²) in [4.78, 5) is 11.1. The summed E-state index contributed by atoms with van der Waals surface area (Å²) in [5.74, 6) is 0.138. The molecule has 0 aromatic rings. The molecule has 1 N–H and O–H groups in total. The van der Waals surface area contributed by atoms with Gasteiger partial charge in [0, 0.05) is 0 Å². The maximum atomic E-state index is 11.1. The first kappa shape index (κ1) is 16.3. The number of carbonyl (C=O) groups excluding carboxylic acids is 1. The quantitative estimate of drug-likeness (QED) is 0.681. The van der Waals surface area contributed by atoms with Crippen molar-refractivity contribution in [3.63, 3.8) is 0 Å². The molecule has 86 valence electrons. The zero-order valence-corrected chi connectivity index (χ0v) is 10.3. The van der Waals surface area contributed by atoms with Crippen LogP contribution in [-0.2, 0) is 4.79 Å². The number of ketones is 1. The van der Waals surface area contributed by atoms with Gasteiger partial charge in [0.25, 0.3) is 0 Å². The molecule has 0 aromatic heterocycles.